The van der Waals surface area contributed by atoms with Crippen LogP contribution in [0.5, 0.6) is 0 Å². The van der Waals surface area contributed by atoms with Crippen LogP contribution in [-0.4, -0.2) is 13.6 Å². The molecule has 3 heteroatoms. The summed E-state index contributed by atoms with van der Waals surface area (Å²) in [6, 6.07) is 6.16. The molecule has 1 fully saturated rings. The van der Waals surface area contributed by atoms with Crippen molar-refractivity contribution in [2.75, 3.05) is 18.5 Å². The molecule has 0 saturated heterocycles. The van der Waals surface area contributed by atoms with Crippen molar-refractivity contribution in [3.05, 3.63) is 28.8 Å². The Hall–Kier alpha value is -0.210. The largest absolute Gasteiger partial charge is 0.373 e. The SMILES string of the molecule is CN(CC1CCCCC1)c1c(Cl)cccc1CBr. The van der Waals surface area contributed by atoms with Crippen LogP contribution in [0, 0.1) is 5.92 Å². The Balaban J connectivity index is 2.09. The molecule has 0 amide bonds. The molecule has 0 spiro atoms. The van der Waals surface area contributed by atoms with Gasteiger partial charge in [-0.1, -0.05) is 58.9 Å². The first-order valence-corrected chi connectivity index (χ1v) is 8.27. The molecule has 0 bridgehead atoms. The van der Waals surface area contributed by atoms with Crippen molar-refractivity contribution >= 4 is 33.2 Å². The summed E-state index contributed by atoms with van der Waals surface area (Å²) in [6.45, 7) is 1.13. The summed E-state index contributed by atoms with van der Waals surface area (Å²) < 4.78 is 0. The first kappa shape index (κ1) is 14.2. The standard InChI is InChI=1S/C15H21BrClN/c1-18(11-12-6-3-2-4-7-12)15-13(10-16)8-5-9-14(15)17/h5,8-9,12H,2-4,6-7,10-11H2,1H3. The highest BCUT2D eigenvalue weighted by molar-refractivity contribution is 9.08. The molecule has 0 atom stereocenters. The van der Waals surface area contributed by atoms with Gasteiger partial charge in [0.05, 0.1) is 10.7 Å². The number of halogens is 2. The van der Waals surface area contributed by atoms with Crippen molar-refractivity contribution in [2.45, 2.75) is 37.4 Å². The van der Waals surface area contributed by atoms with E-state index in [1.54, 1.807) is 0 Å². The van der Waals surface area contributed by atoms with Crippen LogP contribution >= 0.6 is 27.5 Å². The monoisotopic (exact) mass is 329 g/mol. The predicted molar refractivity (Wildman–Crippen MR) is 83.9 cm³/mol. The molecule has 1 saturated carbocycles. The first-order valence-electron chi connectivity index (χ1n) is 6.77. The zero-order chi connectivity index (χ0) is 13.0. The van der Waals surface area contributed by atoms with Crippen LogP contribution in [0.1, 0.15) is 37.7 Å². The van der Waals surface area contributed by atoms with Crippen molar-refractivity contribution in [3.8, 4) is 0 Å². The third kappa shape index (κ3) is 3.42. The molecule has 0 radical (unpaired) electrons. The van der Waals surface area contributed by atoms with Crippen LogP contribution in [0.3, 0.4) is 0 Å². The number of rotatable bonds is 4. The molecule has 1 aromatic rings. The molecular formula is C15H21BrClN. The second kappa shape index (κ2) is 6.81. The second-order valence-corrected chi connectivity index (χ2v) is 6.23. The van der Waals surface area contributed by atoms with Gasteiger partial charge in [-0.25, -0.2) is 0 Å². The van der Waals surface area contributed by atoms with Gasteiger partial charge in [0.1, 0.15) is 0 Å². The van der Waals surface area contributed by atoms with Crippen molar-refractivity contribution < 1.29 is 0 Å². The highest BCUT2D eigenvalue weighted by Crippen LogP contribution is 2.33. The van der Waals surface area contributed by atoms with Crippen molar-refractivity contribution in [1.82, 2.24) is 0 Å². The van der Waals surface area contributed by atoms with E-state index < -0.39 is 0 Å². The van der Waals surface area contributed by atoms with Crippen LogP contribution in [0.4, 0.5) is 5.69 Å². The summed E-state index contributed by atoms with van der Waals surface area (Å²) in [5.41, 5.74) is 2.47. The molecule has 1 aliphatic carbocycles. The fourth-order valence-electron chi connectivity index (χ4n) is 2.94. The van der Waals surface area contributed by atoms with Crippen LogP contribution in [0.15, 0.2) is 18.2 Å². The molecule has 100 valence electrons. The van der Waals surface area contributed by atoms with Gasteiger partial charge in [-0.2, -0.15) is 0 Å². The molecule has 0 heterocycles. The maximum Gasteiger partial charge on any atom is 0.0642 e. The van der Waals surface area contributed by atoms with Gasteiger partial charge in [0, 0.05) is 18.9 Å². The lowest BCUT2D eigenvalue weighted by molar-refractivity contribution is 0.362. The molecule has 2 rings (SSSR count). The maximum absolute atomic E-state index is 6.36. The van der Waals surface area contributed by atoms with E-state index in [4.69, 9.17) is 11.6 Å². The van der Waals surface area contributed by atoms with E-state index >= 15 is 0 Å². The van der Waals surface area contributed by atoms with Gasteiger partial charge in [0.25, 0.3) is 0 Å². The van der Waals surface area contributed by atoms with Crippen LogP contribution in [-0.2, 0) is 5.33 Å². The van der Waals surface area contributed by atoms with E-state index in [0.29, 0.717) is 0 Å². The average Bonchev–Trinajstić information content (AvgIpc) is 2.39. The normalized spacial score (nSPS) is 16.8. The molecule has 1 aromatic carbocycles. The van der Waals surface area contributed by atoms with E-state index in [1.165, 1.54) is 43.4 Å². The maximum atomic E-state index is 6.36. The number of hydrogen-bond acceptors (Lipinski definition) is 1. The minimum absolute atomic E-state index is 0.836. The Morgan fingerprint density at radius 2 is 2.00 bits per heavy atom. The van der Waals surface area contributed by atoms with E-state index in [2.05, 4.69) is 33.9 Å². The molecule has 0 N–H and O–H groups in total. The Morgan fingerprint density at radius 1 is 1.28 bits per heavy atom. The molecule has 0 aliphatic heterocycles. The molecule has 0 aromatic heterocycles. The number of benzene rings is 1. The molecule has 0 unspecified atom stereocenters. The fraction of sp³-hybridized carbons (Fsp3) is 0.600. The summed E-state index contributed by atoms with van der Waals surface area (Å²) in [5.74, 6) is 0.836. The minimum atomic E-state index is 0.836. The fourth-order valence-corrected chi connectivity index (χ4v) is 3.73. The zero-order valence-electron chi connectivity index (χ0n) is 11.0. The summed E-state index contributed by atoms with van der Waals surface area (Å²) in [6.07, 6.45) is 6.95. The number of hydrogen-bond donors (Lipinski definition) is 0. The van der Waals surface area contributed by atoms with E-state index in [9.17, 15) is 0 Å². The van der Waals surface area contributed by atoms with E-state index in [1.807, 2.05) is 12.1 Å². The van der Waals surface area contributed by atoms with Crippen molar-refractivity contribution in [2.24, 2.45) is 5.92 Å². The van der Waals surface area contributed by atoms with Gasteiger partial charge in [-0.3, -0.25) is 0 Å². The lowest BCUT2D eigenvalue weighted by Crippen LogP contribution is -2.27. The van der Waals surface area contributed by atoms with Gasteiger partial charge in [-0.15, -0.1) is 0 Å². The highest BCUT2D eigenvalue weighted by atomic mass is 79.9. The van der Waals surface area contributed by atoms with Gasteiger partial charge in [0.15, 0.2) is 0 Å². The van der Waals surface area contributed by atoms with Gasteiger partial charge < -0.3 is 4.90 Å². The van der Waals surface area contributed by atoms with Crippen molar-refractivity contribution in [3.63, 3.8) is 0 Å². The summed E-state index contributed by atoms with van der Waals surface area (Å²) in [7, 11) is 2.17. The van der Waals surface area contributed by atoms with Crippen LogP contribution in [0.2, 0.25) is 5.02 Å². The third-order valence-electron chi connectivity index (χ3n) is 3.85. The van der Waals surface area contributed by atoms with Crippen molar-refractivity contribution in [1.29, 1.82) is 0 Å². The first-order chi connectivity index (χ1) is 8.72. The topological polar surface area (TPSA) is 3.24 Å². The minimum Gasteiger partial charge on any atom is -0.373 e. The summed E-state index contributed by atoms with van der Waals surface area (Å²) in [4.78, 5) is 2.34. The zero-order valence-corrected chi connectivity index (χ0v) is 13.3. The van der Waals surface area contributed by atoms with Crippen LogP contribution < -0.4 is 4.90 Å². The number of anilines is 1. The van der Waals surface area contributed by atoms with Gasteiger partial charge in [0.2, 0.25) is 0 Å². The highest BCUT2D eigenvalue weighted by Gasteiger charge is 2.18. The number of nitrogens with zero attached hydrogens (tertiary/aromatic N) is 1. The number of alkyl halides is 1. The third-order valence-corrected chi connectivity index (χ3v) is 4.76. The average molecular weight is 331 g/mol. The molecule has 18 heavy (non-hydrogen) atoms. The molecule has 1 aliphatic rings. The second-order valence-electron chi connectivity index (χ2n) is 5.27. The quantitative estimate of drug-likeness (QED) is 0.681. The summed E-state index contributed by atoms with van der Waals surface area (Å²) in [5, 5.41) is 1.73. The predicted octanol–water partition coefficient (Wildman–Crippen LogP) is 5.25. The van der Waals surface area contributed by atoms with Gasteiger partial charge in [-0.05, 0) is 30.4 Å². The lowest BCUT2D eigenvalue weighted by Gasteiger charge is -2.30. The van der Waals surface area contributed by atoms with Gasteiger partial charge >= 0.3 is 0 Å². The Morgan fingerprint density at radius 3 is 2.67 bits per heavy atom. The molecule has 1 nitrogen and oxygen atoms in total. The summed E-state index contributed by atoms with van der Waals surface area (Å²) >= 11 is 9.91. The lowest BCUT2D eigenvalue weighted by atomic mass is 9.89. The Bertz CT molecular complexity index is 388. The number of para-hydroxylation sites is 1. The Labute approximate surface area is 124 Å². The Kier molecular flexibility index (Phi) is 5.38. The molecular weight excluding hydrogens is 310 g/mol. The van der Waals surface area contributed by atoms with Crippen LogP contribution in [0.25, 0.3) is 0 Å². The smallest absolute Gasteiger partial charge is 0.0642 e. The van der Waals surface area contributed by atoms with E-state index in [0.717, 1.165) is 22.8 Å². The van der Waals surface area contributed by atoms with E-state index in [-0.39, 0.29) is 0 Å².